The Morgan fingerprint density at radius 2 is 2.12 bits per heavy atom. The monoisotopic (exact) mass is 234 g/mol. The number of rotatable bonds is 4. The first-order valence-corrected chi connectivity index (χ1v) is 5.15. The molecule has 0 bridgehead atoms. The minimum atomic E-state index is -0.119. The molecule has 0 unspecified atom stereocenters. The van der Waals surface area contributed by atoms with Crippen molar-refractivity contribution >= 4 is 0 Å². The summed E-state index contributed by atoms with van der Waals surface area (Å²) in [5, 5.41) is 8.98. The highest BCUT2D eigenvalue weighted by molar-refractivity contribution is 5.68. The Labute approximate surface area is 99.0 Å². The largest absolute Gasteiger partial charge is 0.497 e. The predicted octanol–water partition coefficient (Wildman–Crippen LogP) is 1.59. The number of imidazole rings is 1. The maximum absolute atomic E-state index is 8.98. The van der Waals surface area contributed by atoms with E-state index in [4.69, 9.17) is 14.6 Å². The number of H-pyrrole nitrogens is 1. The lowest BCUT2D eigenvalue weighted by atomic mass is 10.1. The number of aliphatic hydroxyl groups excluding tert-OH is 1. The smallest absolute Gasteiger partial charge is 0.132 e. The summed E-state index contributed by atoms with van der Waals surface area (Å²) in [6.07, 6.45) is 1.66. The average molecular weight is 234 g/mol. The van der Waals surface area contributed by atoms with Crippen LogP contribution in [0.1, 0.15) is 5.82 Å². The van der Waals surface area contributed by atoms with Crippen LogP contribution in [0.3, 0.4) is 0 Å². The van der Waals surface area contributed by atoms with Gasteiger partial charge in [-0.15, -0.1) is 0 Å². The first-order valence-electron chi connectivity index (χ1n) is 5.15. The topological polar surface area (TPSA) is 67.4 Å². The molecule has 5 nitrogen and oxygen atoms in total. The van der Waals surface area contributed by atoms with Gasteiger partial charge in [-0.05, 0) is 18.2 Å². The van der Waals surface area contributed by atoms with Crippen LogP contribution in [0.25, 0.3) is 11.3 Å². The molecule has 0 saturated heterocycles. The number of nitrogens with one attached hydrogen (secondary N) is 1. The maximum Gasteiger partial charge on any atom is 0.132 e. The van der Waals surface area contributed by atoms with Crippen LogP contribution in [-0.2, 0) is 6.61 Å². The summed E-state index contributed by atoms with van der Waals surface area (Å²) in [6, 6.07) is 5.51. The molecule has 0 saturated carbocycles. The fraction of sp³-hybridized carbons (Fsp3) is 0.250. The Bertz CT molecular complexity index is 508. The third-order valence-electron chi connectivity index (χ3n) is 2.48. The molecular formula is C12H14N2O3. The Balaban J connectivity index is 2.47. The third kappa shape index (κ3) is 2.24. The number of ether oxygens (including phenoxy) is 2. The number of benzene rings is 1. The van der Waals surface area contributed by atoms with Crippen LogP contribution < -0.4 is 9.47 Å². The van der Waals surface area contributed by atoms with E-state index in [1.54, 1.807) is 20.4 Å². The van der Waals surface area contributed by atoms with E-state index in [-0.39, 0.29) is 6.61 Å². The van der Waals surface area contributed by atoms with Crippen LogP contribution in [-0.4, -0.2) is 29.3 Å². The fourth-order valence-corrected chi connectivity index (χ4v) is 1.60. The van der Waals surface area contributed by atoms with Gasteiger partial charge in [-0.3, -0.25) is 0 Å². The van der Waals surface area contributed by atoms with Crippen LogP contribution >= 0.6 is 0 Å². The molecule has 1 aromatic carbocycles. The van der Waals surface area contributed by atoms with E-state index in [9.17, 15) is 0 Å². The van der Waals surface area contributed by atoms with Gasteiger partial charge < -0.3 is 19.6 Å². The number of aromatic nitrogens is 2. The molecule has 1 heterocycles. The highest BCUT2D eigenvalue weighted by Gasteiger charge is 2.10. The second kappa shape index (κ2) is 4.88. The van der Waals surface area contributed by atoms with E-state index in [1.165, 1.54) is 0 Å². The number of aliphatic hydroxyl groups is 1. The summed E-state index contributed by atoms with van der Waals surface area (Å²) >= 11 is 0. The standard InChI is InChI=1S/C12H14N2O3/c1-16-8-3-4-11(17-2)9(5-8)10-6-13-12(7-15)14-10/h3-6,15H,7H2,1-2H3,(H,13,14). The molecule has 2 aromatic rings. The highest BCUT2D eigenvalue weighted by Crippen LogP contribution is 2.32. The predicted molar refractivity (Wildman–Crippen MR) is 63.1 cm³/mol. The number of hydrogen-bond donors (Lipinski definition) is 2. The van der Waals surface area contributed by atoms with Gasteiger partial charge >= 0.3 is 0 Å². The van der Waals surface area contributed by atoms with Crippen molar-refractivity contribution in [3.05, 3.63) is 30.2 Å². The van der Waals surface area contributed by atoms with Crippen LogP contribution in [0, 0.1) is 0 Å². The van der Waals surface area contributed by atoms with E-state index >= 15 is 0 Å². The lowest BCUT2D eigenvalue weighted by Crippen LogP contribution is -1.91. The second-order valence-electron chi connectivity index (χ2n) is 3.47. The van der Waals surface area contributed by atoms with Crippen molar-refractivity contribution in [2.45, 2.75) is 6.61 Å². The minimum absolute atomic E-state index is 0.119. The van der Waals surface area contributed by atoms with Gasteiger partial charge in [-0.2, -0.15) is 0 Å². The zero-order chi connectivity index (χ0) is 12.3. The van der Waals surface area contributed by atoms with Crippen molar-refractivity contribution in [3.8, 4) is 22.8 Å². The number of methoxy groups -OCH3 is 2. The van der Waals surface area contributed by atoms with Crippen molar-refractivity contribution < 1.29 is 14.6 Å². The summed E-state index contributed by atoms with van der Waals surface area (Å²) in [4.78, 5) is 7.05. The Morgan fingerprint density at radius 3 is 2.71 bits per heavy atom. The quantitative estimate of drug-likeness (QED) is 0.843. The van der Waals surface area contributed by atoms with E-state index in [1.807, 2.05) is 18.2 Å². The zero-order valence-electron chi connectivity index (χ0n) is 9.73. The van der Waals surface area contributed by atoms with E-state index < -0.39 is 0 Å². The molecule has 0 aliphatic heterocycles. The van der Waals surface area contributed by atoms with Crippen molar-refractivity contribution in [2.75, 3.05) is 14.2 Å². The Hall–Kier alpha value is -2.01. The molecular weight excluding hydrogens is 220 g/mol. The maximum atomic E-state index is 8.98. The van der Waals surface area contributed by atoms with Crippen molar-refractivity contribution in [3.63, 3.8) is 0 Å². The van der Waals surface area contributed by atoms with Crippen molar-refractivity contribution in [2.24, 2.45) is 0 Å². The summed E-state index contributed by atoms with van der Waals surface area (Å²) in [6.45, 7) is -0.119. The second-order valence-corrected chi connectivity index (χ2v) is 3.47. The Morgan fingerprint density at radius 1 is 1.29 bits per heavy atom. The van der Waals surface area contributed by atoms with Crippen molar-refractivity contribution in [1.82, 2.24) is 9.97 Å². The molecule has 0 spiro atoms. The first-order chi connectivity index (χ1) is 8.28. The summed E-state index contributed by atoms with van der Waals surface area (Å²) in [5.74, 6) is 1.98. The van der Waals surface area contributed by atoms with Crippen LogP contribution in [0.5, 0.6) is 11.5 Å². The molecule has 0 aliphatic carbocycles. The van der Waals surface area contributed by atoms with Gasteiger partial charge in [-0.1, -0.05) is 0 Å². The molecule has 0 amide bonds. The number of hydrogen-bond acceptors (Lipinski definition) is 4. The summed E-state index contributed by atoms with van der Waals surface area (Å²) < 4.78 is 10.4. The molecule has 1 aromatic heterocycles. The molecule has 5 heteroatoms. The molecule has 90 valence electrons. The van der Waals surface area contributed by atoms with Gasteiger partial charge in [0.2, 0.25) is 0 Å². The molecule has 17 heavy (non-hydrogen) atoms. The molecule has 0 aliphatic rings. The van der Waals surface area contributed by atoms with Gasteiger partial charge in [0.15, 0.2) is 0 Å². The average Bonchev–Trinajstić information content (AvgIpc) is 2.86. The third-order valence-corrected chi connectivity index (χ3v) is 2.48. The van der Waals surface area contributed by atoms with Gasteiger partial charge in [0.25, 0.3) is 0 Å². The van der Waals surface area contributed by atoms with E-state index in [2.05, 4.69) is 9.97 Å². The minimum Gasteiger partial charge on any atom is -0.497 e. The van der Waals surface area contributed by atoms with Crippen molar-refractivity contribution in [1.29, 1.82) is 0 Å². The number of aromatic amines is 1. The van der Waals surface area contributed by atoms with E-state index in [0.29, 0.717) is 5.82 Å². The fourth-order valence-electron chi connectivity index (χ4n) is 1.60. The van der Waals surface area contributed by atoms with Gasteiger partial charge in [0.1, 0.15) is 23.9 Å². The van der Waals surface area contributed by atoms with Crippen LogP contribution in [0.4, 0.5) is 0 Å². The lowest BCUT2D eigenvalue weighted by Gasteiger charge is -2.08. The molecule has 0 radical (unpaired) electrons. The lowest BCUT2D eigenvalue weighted by molar-refractivity contribution is 0.272. The molecule has 0 atom stereocenters. The summed E-state index contributed by atoms with van der Waals surface area (Å²) in [7, 11) is 3.21. The molecule has 0 fully saturated rings. The van der Waals surface area contributed by atoms with Gasteiger partial charge in [0, 0.05) is 5.56 Å². The van der Waals surface area contributed by atoms with Gasteiger partial charge in [0.05, 0.1) is 26.1 Å². The van der Waals surface area contributed by atoms with Gasteiger partial charge in [-0.25, -0.2) is 4.98 Å². The SMILES string of the molecule is COc1ccc(OC)c(-c2cnc(CO)[nH]2)c1. The zero-order valence-corrected chi connectivity index (χ0v) is 9.73. The number of nitrogens with zero attached hydrogens (tertiary/aromatic N) is 1. The van der Waals surface area contributed by atoms with Crippen LogP contribution in [0.2, 0.25) is 0 Å². The normalized spacial score (nSPS) is 10.3. The molecule has 2 N–H and O–H groups in total. The molecule has 2 rings (SSSR count). The Kier molecular flexibility index (Phi) is 3.30. The van der Waals surface area contributed by atoms with E-state index in [0.717, 1.165) is 22.8 Å². The summed E-state index contributed by atoms with van der Waals surface area (Å²) in [5.41, 5.74) is 1.63. The van der Waals surface area contributed by atoms with Crippen LogP contribution in [0.15, 0.2) is 24.4 Å². The first kappa shape index (κ1) is 11.5. The highest BCUT2D eigenvalue weighted by atomic mass is 16.5.